The van der Waals surface area contributed by atoms with Crippen LogP contribution in [0.25, 0.3) is 0 Å². The van der Waals surface area contributed by atoms with Crippen molar-refractivity contribution in [2.24, 2.45) is 0 Å². The Morgan fingerprint density at radius 3 is 2.35 bits per heavy atom. The molecule has 1 saturated heterocycles. The van der Waals surface area contributed by atoms with E-state index in [9.17, 15) is 14.4 Å². The maximum atomic E-state index is 13.0. The van der Waals surface area contributed by atoms with E-state index in [-0.39, 0.29) is 24.3 Å². The van der Waals surface area contributed by atoms with Crippen molar-refractivity contribution in [3.8, 4) is 0 Å². The van der Waals surface area contributed by atoms with Gasteiger partial charge in [0.1, 0.15) is 0 Å². The van der Waals surface area contributed by atoms with Gasteiger partial charge in [-0.05, 0) is 24.8 Å². The summed E-state index contributed by atoms with van der Waals surface area (Å²) in [5.41, 5.74) is 0.546. The van der Waals surface area contributed by atoms with Gasteiger partial charge in [0.2, 0.25) is 5.91 Å². The van der Waals surface area contributed by atoms with Gasteiger partial charge in [0.15, 0.2) is 0 Å². The fraction of sp³-hybridized carbons (Fsp3) is 0.471. The molecule has 6 heteroatoms. The minimum Gasteiger partial charge on any atom is -0.347 e. The molecule has 0 spiro atoms. The van der Waals surface area contributed by atoms with Crippen LogP contribution in [0, 0.1) is 0 Å². The third-order valence-corrected chi connectivity index (χ3v) is 4.53. The number of nitrogens with one attached hydrogen (secondary N) is 1. The third kappa shape index (κ3) is 2.93. The van der Waals surface area contributed by atoms with Crippen LogP contribution in [0.3, 0.4) is 0 Å². The number of rotatable bonds is 4. The molecule has 0 aromatic heterocycles. The number of carbonyl (C=O) groups is 3. The highest BCUT2D eigenvalue weighted by molar-refractivity contribution is 5.93. The second kappa shape index (κ2) is 6.02. The zero-order chi connectivity index (χ0) is 16.4. The molecule has 1 aromatic rings. The Kier molecular flexibility index (Phi) is 4.07. The molecule has 0 radical (unpaired) electrons. The standard InChI is InChI=1S/C17H21N3O3/c1-13(21)18-12-15(22)19-10-5-11-20(19)16(23)17(8-9-17)14-6-3-2-4-7-14/h2-4,6-7H,5,8-12H2,1H3,(H,18,21). The summed E-state index contributed by atoms with van der Waals surface area (Å²) >= 11 is 0. The molecule has 23 heavy (non-hydrogen) atoms. The quantitative estimate of drug-likeness (QED) is 0.895. The van der Waals surface area contributed by atoms with Gasteiger partial charge in [-0.3, -0.25) is 19.4 Å². The number of nitrogens with zero attached hydrogens (tertiary/aromatic N) is 2. The average Bonchev–Trinajstić information content (AvgIpc) is 3.23. The third-order valence-electron chi connectivity index (χ3n) is 4.53. The maximum Gasteiger partial charge on any atom is 0.260 e. The summed E-state index contributed by atoms with van der Waals surface area (Å²) in [4.78, 5) is 36.3. The van der Waals surface area contributed by atoms with Gasteiger partial charge in [-0.25, -0.2) is 5.01 Å². The zero-order valence-electron chi connectivity index (χ0n) is 13.2. The van der Waals surface area contributed by atoms with Gasteiger partial charge in [0.05, 0.1) is 12.0 Å². The van der Waals surface area contributed by atoms with E-state index < -0.39 is 5.41 Å². The Morgan fingerprint density at radius 1 is 1.09 bits per heavy atom. The molecular weight excluding hydrogens is 294 g/mol. The van der Waals surface area contributed by atoms with Crippen LogP contribution in [0.4, 0.5) is 0 Å². The van der Waals surface area contributed by atoms with E-state index in [0.717, 1.165) is 24.8 Å². The summed E-state index contributed by atoms with van der Waals surface area (Å²) in [5, 5.41) is 5.56. The second-order valence-electron chi connectivity index (χ2n) is 6.16. The first-order valence-corrected chi connectivity index (χ1v) is 7.97. The van der Waals surface area contributed by atoms with Gasteiger partial charge >= 0.3 is 0 Å². The smallest absolute Gasteiger partial charge is 0.260 e. The van der Waals surface area contributed by atoms with Gasteiger partial charge < -0.3 is 5.32 Å². The van der Waals surface area contributed by atoms with Crippen LogP contribution < -0.4 is 5.32 Å². The van der Waals surface area contributed by atoms with Gasteiger partial charge in [0, 0.05) is 20.0 Å². The summed E-state index contributed by atoms with van der Waals surface area (Å²) in [6.45, 7) is 2.38. The Hall–Kier alpha value is -2.37. The van der Waals surface area contributed by atoms with E-state index in [1.807, 2.05) is 30.3 Å². The Labute approximate surface area is 135 Å². The number of carbonyl (C=O) groups excluding carboxylic acids is 3. The molecule has 3 amide bonds. The maximum absolute atomic E-state index is 13.0. The SMILES string of the molecule is CC(=O)NCC(=O)N1CCCN1C(=O)C1(c2ccccc2)CC1. The summed E-state index contributed by atoms with van der Waals surface area (Å²) in [5.74, 6) is -0.495. The van der Waals surface area contributed by atoms with Crippen molar-refractivity contribution in [3.63, 3.8) is 0 Å². The van der Waals surface area contributed by atoms with Crippen molar-refractivity contribution in [3.05, 3.63) is 35.9 Å². The fourth-order valence-electron chi connectivity index (χ4n) is 3.13. The monoisotopic (exact) mass is 315 g/mol. The molecule has 2 aliphatic rings. The number of hydrogen-bond donors (Lipinski definition) is 1. The van der Waals surface area contributed by atoms with Crippen LogP contribution in [-0.2, 0) is 19.8 Å². The average molecular weight is 315 g/mol. The number of amides is 3. The minimum atomic E-state index is -0.474. The summed E-state index contributed by atoms with van der Waals surface area (Å²) in [6.07, 6.45) is 2.41. The summed E-state index contributed by atoms with van der Waals surface area (Å²) in [6, 6.07) is 9.76. The molecule has 1 aliphatic carbocycles. The number of hydrogen-bond acceptors (Lipinski definition) is 3. The first kappa shape index (κ1) is 15.5. The lowest BCUT2D eigenvalue weighted by Gasteiger charge is -2.31. The molecule has 2 fully saturated rings. The van der Waals surface area contributed by atoms with E-state index in [1.54, 1.807) is 5.01 Å². The van der Waals surface area contributed by atoms with Crippen molar-refractivity contribution < 1.29 is 14.4 Å². The number of hydrazine groups is 1. The van der Waals surface area contributed by atoms with Gasteiger partial charge in [-0.1, -0.05) is 30.3 Å². The highest BCUT2D eigenvalue weighted by Crippen LogP contribution is 2.50. The lowest BCUT2D eigenvalue weighted by atomic mass is 9.95. The summed E-state index contributed by atoms with van der Waals surface area (Å²) in [7, 11) is 0. The topological polar surface area (TPSA) is 69.7 Å². The molecular formula is C17H21N3O3. The molecule has 122 valence electrons. The van der Waals surface area contributed by atoms with E-state index in [2.05, 4.69) is 5.32 Å². The van der Waals surface area contributed by atoms with E-state index in [0.29, 0.717) is 13.1 Å². The Balaban J connectivity index is 1.74. The molecule has 0 atom stereocenters. The molecule has 1 saturated carbocycles. The van der Waals surface area contributed by atoms with Crippen LogP contribution in [0.15, 0.2) is 30.3 Å². The van der Waals surface area contributed by atoms with Gasteiger partial charge in [-0.15, -0.1) is 0 Å². The molecule has 1 N–H and O–H groups in total. The zero-order valence-corrected chi connectivity index (χ0v) is 13.2. The molecule has 1 aliphatic heterocycles. The van der Waals surface area contributed by atoms with Crippen molar-refractivity contribution in [2.45, 2.75) is 31.6 Å². The second-order valence-corrected chi connectivity index (χ2v) is 6.16. The predicted octanol–water partition coefficient (Wildman–Crippen LogP) is 0.830. The molecule has 0 unspecified atom stereocenters. The van der Waals surface area contributed by atoms with E-state index in [4.69, 9.17) is 0 Å². The van der Waals surface area contributed by atoms with Gasteiger partial charge in [0.25, 0.3) is 11.8 Å². The highest BCUT2D eigenvalue weighted by Gasteiger charge is 2.54. The molecule has 1 aromatic carbocycles. The van der Waals surface area contributed by atoms with E-state index >= 15 is 0 Å². The van der Waals surface area contributed by atoms with Crippen LogP contribution in [0.2, 0.25) is 0 Å². The van der Waals surface area contributed by atoms with E-state index in [1.165, 1.54) is 11.9 Å². The lowest BCUT2D eigenvalue weighted by molar-refractivity contribution is -0.159. The van der Waals surface area contributed by atoms with Crippen LogP contribution in [0.5, 0.6) is 0 Å². The van der Waals surface area contributed by atoms with Crippen molar-refractivity contribution in [2.75, 3.05) is 19.6 Å². The van der Waals surface area contributed by atoms with Crippen molar-refractivity contribution in [1.82, 2.24) is 15.3 Å². The van der Waals surface area contributed by atoms with Crippen LogP contribution in [0.1, 0.15) is 31.7 Å². The van der Waals surface area contributed by atoms with Crippen molar-refractivity contribution in [1.29, 1.82) is 0 Å². The highest BCUT2D eigenvalue weighted by atomic mass is 16.2. The van der Waals surface area contributed by atoms with Crippen LogP contribution in [-0.4, -0.2) is 47.4 Å². The van der Waals surface area contributed by atoms with Gasteiger partial charge in [-0.2, -0.15) is 0 Å². The van der Waals surface area contributed by atoms with Crippen molar-refractivity contribution >= 4 is 17.7 Å². The molecule has 3 rings (SSSR count). The largest absolute Gasteiger partial charge is 0.347 e. The fourth-order valence-corrected chi connectivity index (χ4v) is 3.13. The first-order chi connectivity index (χ1) is 11.0. The normalized spacial score (nSPS) is 18.7. The molecule has 6 nitrogen and oxygen atoms in total. The Bertz CT molecular complexity index is 625. The minimum absolute atomic E-state index is 0.00243. The molecule has 0 bridgehead atoms. The number of benzene rings is 1. The summed E-state index contributed by atoms with van der Waals surface area (Å²) < 4.78 is 0. The first-order valence-electron chi connectivity index (χ1n) is 7.97. The molecule has 1 heterocycles. The predicted molar refractivity (Wildman–Crippen MR) is 84.1 cm³/mol. The Morgan fingerprint density at radius 2 is 1.74 bits per heavy atom. The lowest BCUT2D eigenvalue weighted by Crippen LogP contribution is -2.51. The van der Waals surface area contributed by atoms with Crippen LogP contribution >= 0.6 is 0 Å².